The number of aliphatic hydroxyl groups is 1. The third-order valence-electron chi connectivity index (χ3n) is 8.88. The van der Waals surface area contributed by atoms with Gasteiger partial charge in [-0.25, -0.2) is 0 Å². The number of benzene rings is 2. The van der Waals surface area contributed by atoms with Gasteiger partial charge in [0, 0.05) is 17.8 Å². The predicted molar refractivity (Wildman–Crippen MR) is 165 cm³/mol. The Bertz CT molecular complexity index is 1430. The van der Waals surface area contributed by atoms with E-state index in [2.05, 4.69) is 21.3 Å². The molecule has 3 aromatic rings. The summed E-state index contributed by atoms with van der Waals surface area (Å²) in [4.78, 5) is 53.9. The van der Waals surface area contributed by atoms with Gasteiger partial charge in [0.1, 0.15) is 24.1 Å². The third-order valence-corrected chi connectivity index (χ3v) is 8.88. The van der Waals surface area contributed by atoms with E-state index in [1.807, 2.05) is 42.5 Å². The molecule has 5 rings (SSSR count). The van der Waals surface area contributed by atoms with E-state index in [1.54, 1.807) is 12.1 Å². The SMILES string of the molecule is O=C(NCc1ccccc1)C(=O)[C@H](C[C@@H]1CCCNC1O)NC(=O)C(CC1CCCCC1)NC(=O)c1coc2ccccc12. The van der Waals surface area contributed by atoms with Gasteiger partial charge < -0.3 is 25.5 Å². The van der Waals surface area contributed by atoms with E-state index in [0.717, 1.165) is 44.1 Å². The van der Waals surface area contributed by atoms with E-state index in [9.17, 15) is 24.3 Å². The van der Waals surface area contributed by atoms with Crippen LogP contribution in [0.5, 0.6) is 0 Å². The first-order chi connectivity index (χ1) is 21.4. The summed E-state index contributed by atoms with van der Waals surface area (Å²) >= 11 is 0. The zero-order valence-electron chi connectivity index (χ0n) is 24.9. The van der Waals surface area contributed by atoms with Crippen LogP contribution in [0.15, 0.2) is 65.3 Å². The Labute approximate surface area is 257 Å². The number of furan rings is 1. The lowest BCUT2D eigenvalue weighted by molar-refractivity contribution is -0.141. The van der Waals surface area contributed by atoms with Crippen LogP contribution in [-0.4, -0.2) is 53.5 Å². The second-order valence-corrected chi connectivity index (χ2v) is 12.0. The monoisotopic (exact) mass is 602 g/mol. The van der Waals surface area contributed by atoms with Crippen LogP contribution in [0.25, 0.3) is 11.0 Å². The molecule has 44 heavy (non-hydrogen) atoms. The largest absolute Gasteiger partial charge is 0.463 e. The highest BCUT2D eigenvalue weighted by Crippen LogP contribution is 2.28. The molecule has 0 radical (unpaired) electrons. The molecule has 4 atom stereocenters. The molecule has 2 unspecified atom stereocenters. The van der Waals surface area contributed by atoms with Crippen molar-refractivity contribution in [1.29, 1.82) is 0 Å². The fraction of sp³-hybridized carbons (Fsp3) is 0.471. The average Bonchev–Trinajstić information content (AvgIpc) is 3.49. The van der Waals surface area contributed by atoms with Gasteiger partial charge in [-0.15, -0.1) is 0 Å². The Balaban J connectivity index is 1.33. The zero-order chi connectivity index (χ0) is 30.9. The van der Waals surface area contributed by atoms with Gasteiger partial charge in [0.05, 0.1) is 11.6 Å². The lowest BCUT2D eigenvalue weighted by Gasteiger charge is -2.32. The second kappa shape index (κ2) is 15.1. The van der Waals surface area contributed by atoms with Crippen LogP contribution in [0.2, 0.25) is 0 Å². The van der Waals surface area contributed by atoms with Crippen LogP contribution in [0.3, 0.4) is 0 Å². The first-order valence-electron chi connectivity index (χ1n) is 15.7. The van der Waals surface area contributed by atoms with Crippen molar-refractivity contribution in [3.05, 3.63) is 72.0 Å². The number of hydrogen-bond acceptors (Lipinski definition) is 7. The lowest BCUT2D eigenvalue weighted by Crippen LogP contribution is -2.55. The molecule has 2 aromatic carbocycles. The number of aliphatic hydroxyl groups excluding tert-OH is 1. The van der Waals surface area contributed by atoms with E-state index in [1.165, 1.54) is 6.26 Å². The highest BCUT2D eigenvalue weighted by molar-refractivity contribution is 6.38. The van der Waals surface area contributed by atoms with Crippen LogP contribution in [0.4, 0.5) is 0 Å². The number of nitrogens with one attached hydrogen (secondary N) is 4. The van der Waals surface area contributed by atoms with Crippen molar-refractivity contribution in [3.8, 4) is 0 Å². The van der Waals surface area contributed by atoms with Crippen LogP contribution >= 0.6 is 0 Å². The molecule has 3 amide bonds. The molecule has 2 aliphatic rings. The molecular weight excluding hydrogens is 560 g/mol. The molecule has 1 aliphatic carbocycles. The van der Waals surface area contributed by atoms with Gasteiger partial charge in [0.15, 0.2) is 0 Å². The number of piperidine rings is 1. The summed E-state index contributed by atoms with van der Waals surface area (Å²) in [6, 6.07) is 14.3. The quantitative estimate of drug-likeness (QED) is 0.199. The fourth-order valence-corrected chi connectivity index (χ4v) is 6.39. The van der Waals surface area contributed by atoms with Gasteiger partial charge in [-0.2, -0.15) is 0 Å². The summed E-state index contributed by atoms with van der Waals surface area (Å²) in [5.41, 5.74) is 1.73. The average molecular weight is 603 g/mol. The van der Waals surface area contributed by atoms with Gasteiger partial charge in [-0.1, -0.05) is 80.6 Å². The number of fused-ring (bicyclic) bond motifs is 1. The number of carbonyl (C=O) groups is 4. The maximum absolute atomic E-state index is 13.9. The first-order valence-corrected chi connectivity index (χ1v) is 15.7. The Morgan fingerprint density at radius 3 is 2.39 bits per heavy atom. The summed E-state index contributed by atoms with van der Waals surface area (Å²) in [7, 11) is 0. The van der Waals surface area contributed by atoms with Gasteiger partial charge in [-0.05, 0) is 49.8 Å². The molecule has 2 heterocycles. The van der Waals surface area contributed by atoms with Crippen molar-refractivity contribution in [3.63, 3.8) is 0 Å². The van der Waals surface area contributed by atoms with Crippen molar-refractivity contribution in [2.45, 2.75) is 82.6 Å². The van der Waals surface area contributed by atoms with Crippen molar-refractivity contribution in [2.24, 2.45) is 11.8 Å². The number of carbonyl (C=O) groups excluding carboxylic acids is 4. The fourth-order valence-electron chi connectivity index (χ4n) is 6.39. The van der Waals surface area contributed by atoms with Crippen LogP contribution < -0.4 is 21.3 Å². The summed E-state index contributed by atoms with van der Waals surface area (Å²) in [6.45, 7) is 0.817. The molecule has 0 bridgehead atoms. The van der Waals surface area contributed by atoms with E-state index in [-0.39, 0.29) is 24.8 Å². The summed E-state index contributed by atoms with van der Waals surface area (Å²) in [6.07, 6.45) is 7.68. The smallest absolute Gasteiger partial charge is 0.289 e. The van der Waals surface area contributed by atoms with Crippen molar-refractivity contribution < 1.29 is 28.7 Å². The molecular formula is C34H42N4O6. The number of amides is 3. The first kappa shape index (κ1) is 31.4. The highest BCUT2D eigenvalue weighted by Gasteiger charge is 2.35. The maximum Gasteiger partial charge on any atom is 0.289 e. The van der Waals surface area contributed by atoms with E-state index in [0.29, 0.717) is 35.9 Å². The van der Waals surface area contributed by atoms with Crippen molar-refractivity contribution in [2.75, 3.05) is 6.54 Å². The predicted octanol–water partition coefficient (Wildman–Crippen LogP) is 3.58. The maximum atomic E-state index is 13.9. The number of hydrogen-bond donors (Lipinski definition) is 5. The molecule has 10 nitrogen and oxygen atoms in total. The number of para-hydroxylation sites is 1. The number of rotatable bonds is 12. The van der Waals surface area contributed by atoms with Gasteiger partial charge >= 0.3 is 0 Å². The Morgan fingerprint density at radius 2 is 1.61 bits per heavy atom. The van der Waals surface area contributed by atoms with E-state index >= 15 is 0 Å². The normalized spacial score (nSPS) is 20.4. The third kappa shape index (κ3) is 8.12. The van der Waals surface area contributed by atoms with Crippen LogP contribution in [-0.2, 0) is 20.9 Å². The van der Waals surface area contributed by atoms with Crippen LogP contribution in [0, 0.1) is 11.8 Å². The summed E-state index contributed by atoms with van der Waals surface area (Å²) in [5.74, 6) is -2.64. The zero-order valence-corrected chi connectivity index (χ0v) is 24.9. The summed E-state index contributed by atoms with van der Waals surface area (Å²) in [5, 5.41) is 22.6. The van der Waals surface area contributed by atoms with Crippen molar-refractivity contribution in [1.82, 2.24) is 21.3 Å². The van der Waals surface area contributed by atoms with E-state index < -0.39 is 41.8 Å². The molecule has 10 heteroatoms. The molecule has 1 aromatic heterocycles. The highest BCUT2D eigenvalue weighted by atomic mass is 16.3. The van der Waals surface area contributed by atoms with Gasteiger partial charge in [0.2, 0.25) is 11.7 Å². The van der Waals surface area contributed by atoms with E-state index in [4.69, 9.17) is 4.42 Å². The molecule has 0 spiro atoms. The molecule has 2 fully saturated rings. The number of ketones is 1. The van der Waals surface area contributed by atoms with Gasteiger partial charge in [0.25, 0.3) is 11.8 Å². The Kier molecular flexibility index (Phi) is 10.8. The molecule has 5 N–H and O–H groups in total. The minimum Gasteiger partial charge on any atom is -0.463 e. The molecule has 1 saturated carbocycles. The molecule has 1 saturated heterocycles. The molecule has 234 valence electrons. The number of Topliss-reactive ketones (excluding diaryl/α,β-unsaturated/α-hetero) is 1. The van der Waals surface area contributed by atoms with Crippen molar-refractivity contribution >= 4 is 34.5 Å². The second-order valence-electron chi connectivity index (χ2n) is 12.0. The van der Waals surface area contributed by atoms with Crippen LogP contribution in [0.1, 0.15) is 73.7 Å². The van der Waals surface area contributed by atoms with Gasteiger partial charge in [-0.3, -0.25) is 24.5 Å². The summed E-state index contributed by atoms with van der Waals surface area (Å²) < 4.78 is 5.55. The minimum absolute atomic E-state index is 0.0912. The minimum atomic E-state index is -1.17. The Hall–Kier alpha value is -4.02. The molecule has 1 aliphatic heterocycles. The Morgan fingerprint density at radius 1 is 0.864 bits per heavy atom. The standard InChI is InChI=1S/C34H42N4O6/c39-30(34(43)36-20-23-12-5-2-6-13-23)27(19-24-14-9-17-35-31(24)40)37-33(42)28(18-22-10-3-1-4-11-22)38-32(41)26-21-44-29-16-8-7-15-25(26)29/h2,5-8,12-13,15-16,21-22,24,27-28,31,35,40H,1,3-4,9-11,14,17-20H2,(H,36,43)(H,37,42)(H,38,41)/t24-,27-,28?,31?/m0/s1. The lowest BCUT2D eigenvalue weighted by atomic mass is 9.84. The topological polar surface area (TPSA) is 150 Å².